The van der Waals surface area contributed by atoms with Gasteiger partial charge in [0, 0.05) is 36.3 Å². The molecule has 0 aliphatic carbocycles. The summed E-state index contributed by atoms with van der Waals surface area (Å²) in [5.41, 5.74) is 3.33. The minimum absolute atomic E-state index is 0.00389. The van der Waals surface area contributed by atoms with E-state index >= 15 is 0 Å². The average Bonchev–Trinajstić information content (AvgIpc) is 3.31. The molecular weight excluding hydrogens is 406 g/mol. The van der Waals surface area contributed by atoms with Gasteiger partial charge >= 0.3 is 0 Å². The van der Waals surface area contributed by atoms with Gasteiger partial charge in [0.15, 0.2) is 0 Å². The van der Waals surface area contributed by atoms with E-state index in [2.05, 4.69) is 10.5 Å². The number of nitrogens with one attached hydrogen (secondary N) is 1. The zero-order valence-corrected chi connectivity index (χ0v) is 18.3. The van der Waals surface area contributed by atoms with Crippen molar-refractivity contribution in [3.05, 3.63) is 71.5 Å². The van der Waals surface area contributed by atoms with Crippen molar-refractivity contribution in [2.24, 2.45) is 0 Å². The van der Waals surface area contributed by atoms with Crippen molar-refractivity contribution in [2.75, 3.05) is 19.7 Å². The zero-order chi connectivity index (χ0) is 22.5. The minimum Gasteiger partial charge on any atom is -0.494 e. The van der Waals surface area contributed by atoms with Crippen molar-refractivity contribution in [3.63, 3.8) is 0 Å². The number of hydrogen-bond donors (Lipinski definition) is 1. The van der Waals surface area contributed by atoms with Crippen LogP contribution in [0.5, 0.6) is 5.75 Å². The third kappa shape index (κ3) is 4.99. The maximum atomic E-state index is 12.8. The molecule has 1 aliphatic rings. The number of hydrogen-bond acceptors (Lipinski definition) is 5. The van der Waals surface area contributed by atoms with E-state index in [4.69, 9.17) is 9.26 Å². The monoisotopic (exact) mass is 433 g/mol. The molecule has 7 heteroatoms. The fraction of sp³-hybridized carbons (Fsp3) is 0.320. The second kappa shape index (κ2) is 9.68. The van der Waals surface area contributed by atoms with Gasteiger partial charge in [-0.2, -0.15) is 0 Å². The van der Waals surface area contributed by atoms with E-state index in [9.17, 15) is 9.59 Å². The second-order valence-electron chi connectivity index (χ2n) is 7.94. The largest absolute Gasteiger partial charge is 0.494 e. The van der Waals surface area contributed by atoms with Crippen LogP contribution < -0.4 is 10.1 Å². The van der Waals surface area contributed by atoms with Crippen molar-refractivity contribution >= 4 is 11.8 Å². The van der Waals surface area contributed by atoms with Gasteiger partial charge in [-0.1, -0.05) is 35.0 Å². The molecule has 32 heavy (non-hydrogen) atoms. The number of benzene rings is 2. The Morgan fingerprint density at radius 2 is 1.78 bits per heavy atom. The first-order valence-electron chi connectivity index (χ1n) is 10.9. The lowest BCUT2D eigenvalue weighted by Gasteiger charge is -2.32. The maximum absolute atomic E-state index is 12.8. The van der Waals surface area contributed by atoms with Crippen LogP contribution in [-0.2, 0) is 0 Å². The molecule has 7 nitrogen and oxygen atoms in total. The summed E-state index contributed by atoms with van der Waals surface area (Å²) in [5, 5.41) is 7.02. The predicted molar refractivity (Wildman–Crippen MR) is 121 cm³/mol. The van der Waals surface area contributed by atoms with E-state index in [1.165, 1.54) is 0 Å². The summed E-state index contributed by atoms with van der Waals surface area (Å²) in [6.07, 6.45) is 1.38. The van der Waals surface area contributed by atoms with Gasteiger partial charge < -0.3 is 19.5 Å². The molecule has 1 aliphatic heterocycles. The molecular formula is C25H27N3O4. The average molecular weight is 434 g/mol. The van der Waals surface area contributed by atoms with Crippen molar-refractivity contribution in [2.45, 2.75) is 32.7 Å². The van der Waals surface area contributed by atoms with Crippen molar-refractivity contribution < 1.29 is 18.8 Å². The first kappa shape index (κ1) is 21.6. The first-order chi connectivity index (χ1) is 15.5. The number of aryl methyl sites for hydroxylation is 1. The van der Waals surface area contributed by atoms with Crippen LogP contribution in [0.3, 0.4) is 0 Å². The van der Waals surface area contributed by atoms with Crippen molar-refractivity contribution in [3.8, 4) is 17.0 Å². The highest BCUT2D eigenvalue weighted by Crippen LogP contribution is 2.21. The normalized spacial score (nSPS) is 14.2. The highest BCUT2D eigenvalue weighted by Gasteiger charge is 2.26. The highest BCUT2D eigenvalue weighted by atomic mass is 16.5. The Balaban J connectivity index is 1.29. The van der Waals surface area contributed by atoms with E-state index in [1.54, 1.807) is 18.2 Å². The van der Waals surface area contributed by atoms with E-state index in [0.717, 1.165) is 16.9 Å². The summed E-state index contributed by atoms with van der Waals surface area (Å²) in [6, 6.07) is 16.7. The Morgan fingerprint density at radius 3 is 2.44 bits per heavy atom. The Kier molecular flexibility index (Phi) is 6.54. The Bertz CT molecular complexity index is 1070. The summed E-state index contributed by atoms with van der Waals surface area (Å²) < 4.78 is 10.7. The van der Waals surface area contributed by atoms with Gasteiger partial charge in [-0.25, -0.2) is 0 Å². The lowest BCUT2D eigenvalue weighted by Crippen LogP contribution is -2.46. The smallest absolute Gasteiger partial charge is 0.290 e. The molecule has 1 aromatic heterocycles. The van der Waals surface area contributed by atoms with E-state index < -0.39 is 0 Å². The lowest BCUT2D eigenvalue weighted by atomic mass is 10.0. The molecule has 2 aromatic carbocycles. The fourth-order valence-corrected chi connectivity index (χ4v) is 3.77. The van der Waals surface area contributed by atoms with Crippen LogP contribution in [0.25, 0.3) is 11.3 Å². The van der Waals surface area contributed by atoms with E-state index in [-0.39, 0.29) is 23.6 Å². The molecule has 1 fully saturated rings. The quantitative estimate of drug-likeness (QED) is 0.633. The van der Waals surface area contributed by atoms with Gasteiger partial charge in [-0.3, -0.25) is 9.59 Å². The third-order valence-corrected chi connectivity index (χ3v) is 5.61. The number of likely N-dealkylation sites (tertiary alicyclic amines) is 1. The Morgan fingerprint density at radius 1 is 1.09 bits per heavy atom. The second-order valence-corrected chi connectivity index (χ2v) is 7.94. The number of ether oxygens (including phenoxy) is 1. The first-order valence-corrected chi connectivity index (χ1v) is 10.9. The summed E-state index contributed by atoms with van der Waals surface area (Å²) in [4.78, 5) is 27.2. The van der Waals surface area contributed by atoms with Gasteiger partial charge in [-0.05, 0) is 51.0 Å². The maximum Gasteiger partial charge on any atom is 0.290 e. The van der Waals surface area contributed by atoms with Crippen LogP contribution in [0.2, 0.25) is 0 Å². The molecule has 0 bridgehead atoms. The molecule has 0 spiro atoms. The number of amides is 2. The fourth-order valence-electron chi connectivity index (χ4n) is 3.77. The SMILES string of the molecule is CCOc1ccc(C(=O)N2CCC(NC(=O)c3cc(-c4ccc(C)cc4)no3)CC2)cc1. The predicted octanol–water partition coefficient (Wildman–Crippen LogP) is 4.08. The van der Waals surface area contributed by atoms with Crippen molar-refractivity contribution in [1.29, 1.82) is 0 Å². The van der Waals surface area contributed by atoms with Crippen LogP contribution >= 0.6 is 0 Å². The summed E-state index contributed by atoms with van der Waals surface area (Å²) in [5.74, 6) is 0.653. The molecule has 2 heterocycles. The summed E-state index contributed by atoms with van der Waals surface area (Å²) >= 11 is 0. The van der Waals surface area contributed by atoms with Gasteiger partial charge in [0.25, 0.3) is 11.8 Å². The topological polar surface area (TPSA) is 84.7 Å². The number of carbonyl (C=O) groups is 2. The lowest BCUT2D eigenvalue weighted by molar-refractivity contribution is 0.0695. The van der Waals surface area contributed by atoms with Gasteiger partial charge in [0.05, 0.1) is 6.61 Å². The number of aromatic nitrogens is 1. The van der Waals surface area contributed by atoms with E-state index in [1.807, 2.05) is 55.1 Å². The van der Waals surface area contributed by atoms with Crippen LogP contribution in [0, 0.1) is 6.92 Å². The van der Waals surface area contributed by atoms with Crippen molar-refractivity contribution in [1.82, 2.24) is 15.4 Å². The van der Waals surface area contributed by atoms with Gasteiger partial charge in [0.2, 0.25) is 5.76 Å². The number of rotatable bonds is 6. The molecule has 4 rings (SSSR count). The molecule has 2 amide bonds. The minimum atomic E-state index is -0.285. The molecule has 0 unspecified atom stereocenters. The zero-order valence-electron chi connectivity index (χ0n) is 18.3. The van der Waals surface area contributed by atoms with Crippen LogP contribution in [0.1, 0.15) is 46.2 Å². The Labute approximate surface area is 187 Å². The van der Waals surface area contributed by atoms with Gasteiger partial charge in [-0.15, -0.1) is 0 Å². The molecule has 166 valence electrons. The van der Waals surface area contributed by atoms with Crippen LogP contribution in [0.4, 0.5) is 0 Å². The van der Waals surface area contributed by atoms with Gasteiger partial charge in [0.1, 0.15) is 11.4 Å². The molecule has 0 atom stereocenters. The van der Waals surface area contributed by atoms with Crippen LogP contribution in [0.15, 0.2) is 59.1 Å². The molecule has 3 aromatic rings. The number of piperidine rings is 1. The highest BCUT2D eigenvalue weighted by molar-refractivity contribution is 5.94. The molecule has 0 saturated carbocycles. The van der Waals surface area contributed by atoms with Crippen LogP contribution in [-0.4, -0.2) is 47.6 Å². The number of nitrogens with zero attached hydrogens (tertiary/aromatic N) is 2. The van der Waals surface area contributed by atoms with E-state index in [0.29, 0.717) is 43.8 Å². The number of carbonyl (C=O) groups excluding carboxylic acids is 2. The Hall–Kier alpha value is -3.61. The summed E-state index contributed by atoms with van der Waals surface area (Å²) in [7, 11) is 0. The third-order valence-electron chi connectivity index (χ3n) is 5.61. The summed E-state index contributed by atoms with van der Waals surface area (Å²) in [6.45, 7) is 5.70. The molecule has 1 N–H and O–H groups in total. The standard InChI is InChI=1S/C25H27N3O4/c1-3-31-21-10-8-19(9-11-21)25(30)28-14-12-20(13-15-28)26-24(29)23-16-22(27-32-23)18-6-4-17(2)5-7-18/h4-11,16,20H,3,12-15H2,1-2H3,(H,26,29). The molecule has 1 saturated heterocycles. The molecule has 0 radical (unpaired) electrons.